The second kappa shape index (κ2) is 10.3. The fourth-order valence-electron chi connectivity index (χ4n) is 4.29. The first-order chi connectivity index (χ1) is 16.4. The third kappa shape index (κ3) is 5.18. The summed E-state index contributed by atoms with van der Waals surface area (Å²) in [5, 5.41) is 15.8. The van der Waals surface area contributed by atoms with Gasteiger partial charge in [0.05, 0.1) is 12.6 Å². The van der Waals surface area contributed by atoms with Crippen LogP contribution >= 0.6 is 0 Å². The molecule has 1 fully saturated rings. The molecule has 0 bridgehead atoms. The predicted octanol–water partition coefficient (Wildman–Crippen LogP) is 1.000. The summed E-state index contributed by atoms with van der Waals surface area (Å²) in [6.07, 6.45) is -1.23. The Morgan fingerprint density at radius 2 is 1.59 bits per heavy atom. The van der Waals surface area contributed by atoms with E-state index in [-0.39, 0.29) is 19.1 Å². The van der Waals surface area contributed by atoms with Gasteiger partial charge in [-0.2, -0.15) is 0 Å². The van der Waals surface area contributed by atoms with Crippen LogP contribution in [-0.4, -0.2) is 67.4 Å². The van der Waals surface area contributed by atoms with E-state index in [1.165, 1.54) is 0 Å². The van der Waals surface area contributed by atoms with Crippen LogP contribution in [0.1, 0.15) is 23.5 Å². The number of carbonyl (C=O) groups is 4. The standard InChI is InChI=1S/C24H25N3O7/c28-20(25-12-21(29)30)11-26-23(31)22-19(9-10-33-22)27-24(32)34-13-18-16-7-3-1-5-14(16)15-6-2-4-8-17(15)18/h1-8,18-19,22H,9-13H2,(H,25,28)(H,26,31)(H,27,32)(H,29,30)/t19-,22+/m0/s1. The number of carbonyl (C=O) groups excluding carboxylic acids is 3. The van der Waals surface area contributed by atoms with Gasteiger partial charge in [0.2, 0.25) is 5.91 Å². The van der Waals surface area contributed by atoms with E-state index >= 15 is 0 Å². The molecule has 34 heavy (non-hydrogen) atoms. The number of aliphatic carboxylic acids is 1. The van der Waals surface area contributed by atoms with Crippen molar-refractivity contribution in [1.82, 2.24) is 16.0 Å². The maximum absolute atomic E-state index is 12.5. The highest BCUT2D eigenvalue weighted by molar-refractivity contribution is 5.89. The Labute approximate surface area is 195 Å². The highest BCUT2D eigenvalue weighted by atomic mass is 16.6. The van der Waals surface area contributed by atoms with Crippen LogP contribution in [0.15, 0.2) is 48.5 Å². The van der Waals surface area contributed by atoms with Crippen LogP contribution in [0.5, 0.6) is 0 Å². The average Bonchev–Trinajstić information content (AvgIpc) is 3.42. The lowest BCUT2D eigenvalue weighted by Crippen LogP contribution is -2.50. The molecule has 4 rings (SSSR count). The van der Waals surface area contributed by atoms with Crippen molar-refractivity contribution >= 4 is 23.9 Å². The minimum Gasteiger partial charge on any atom is -0.480 e. The molecule has 4 N–H and O–H groups in total. The van der Waals surface area contributed by atoms with Gasteiger partial charge in [0, 0.05) is 12.5 Å². The lowest BCUT2D eigenvalue weighted by molar-refractivity contribution is -0.138. The Bertz CT molecular complexity index is 1060. The summed E-state index contributed by atoms with van der Waals surface area (Å²) in [7, 11) is 0. The largest absolute Gasteiger partial charge is 0.480 e. The Balaban J connectivity index is 1.30. The van der Waals surface area contributed by atoms with E-state index in [4.69, 9.17) is 14.6 Å². The first kappa shape index (κ1) is 23.2. The van der Waals surface area contributed by atoms with E-state index in [9.17, 15) is 19.2 Å². The zero-order chi connectivity index (χ0) is 24.1. The maximum Gasteiger partial charge on any atom is 0.407 e. The van der Waals surface area contributed by atoms with Gasteiger partial charge in [-0.25, -0.2) is 4.79 Å². The molecule has 0 saturated carbocycles. The molecular formula is C24H25N3O7. The molecule has 10 heteroatoms. The Kier molecular flexibility index (Phi) is 7.07. The smallest absolute Gasteiger partial charge is 0.407 e. The number of amides is 3. The molecule has 1 saturated heterocycles. The van der Waals surface area contributed by atoms with Crippen LogP contribution in [0.3, 0.4) is 0 Å². The minimum atomic E-state index is -1.19. The molecule has 0 spiro atoms. The highest BCUT2D eigenvalue weighted by Gasteiger charge is 2.36. The van der Waals surface area contributed by atoms with Gasteiger partial charge in [0.15, 0.2) is 6.10 Å². The number of carboxylic acid groups (broad SMARTS) is 1. The fraction of sp³-hybridized carbons (Fsp3) is 0.333. The summed E-state index contributed by atoms with van der Waals surface area (Å²) in [6, 6.07) is 15.4. The third-order valence-corrected chi connectivity index (χ3v) is 5.86. The van der Waals surface area contributed by atoms with Crippen LogP contribution in [-0.2, 0) is 23.9 Å². The van der Waals surface area contributed by atoms with Crippen molar-refractivity contribution in [1.29, 1.82) is 0 Å². The highest BCUT2D eigenvalue weighted by Crippen LogP contribution is 2.44. The van der Waals surface area contributed by atoms with Gasteiger partial charge < -0.3 is 30.5 Å². The number of hydrogen-bond donors (Lipinski definition) is 4. The van der Waals surface area contributed by atoms with Crippen molar-refractivity contribution in [3.05, 3.63) is 59.7 Å². The van der Waals surface area contributed by atoms with E-state index < -0.39 is 49.1 Å². The monoisotopic (exact) mass is 467 g/mol. The zero-order valence-electron chi connectivity index (χ0n) is 18.3. The molecule has 3 amide bonds. The summed E-state index contributed by atoms with van der Waals surface area (Å²) in [6.45, 7) is -0.532. The van der Waals surface area contributed by atoms with E-state index in [1.54, 1.807) is 0 Å². The van der Waals surface area contributed by atoms with E-state index in [0.29, 0.717) is 6.42 Å². The molecule has 0 unspecified atom stereocenters. The van der Waals surface area contributed by atoms with Crippen molar-refractivity contribution in [3.63, 3.8) is 0 Å². The summed E-state index contributed by atoms with van der Waals surface area (Å²) in [4.78, 5) is 47.0. The molecule has 1 aliphatic heterocycles. The Hall–Kier alpha value is -3.92. The van der Waals surface area contributed by atoms with Gasteiger partial charge in [-0.1, -0.05) is 48.5 Å². The second-order valence-electron chi connectivity index (χ2n) is 8.04. The lowest BCUT2D eigenvalue weighted by atomic mass is 9.98. The van der Waals surface area contributed by atoms with E-state index in [2.05, 4.69) is 28.1 Å². The Morgan fingerprint density at radius 3 is 2.24 bits per heavy atom. The molecule has 10 nitrogen and oxygen atoms in total. The van der Waals surface area contributed by atoms with Crippen molar-refractivity contribution in [2.45, 2.75) is 24.5 Å². The molecule has 178 valence electrons. The van der Waals surface area contributed by atoms with Crippen molar-refractivity contribution in [2.24, 2.45) is 0 Å². The number of rotatable bonds is 8. The molecule has 0 radical (unpaired) electrons. The molecule has 2 aliphatic rings. The van der Waals surface area contributed by atoms with Crippen molar-refractivity contribution in [2.75, 3.05) is 26.3 Å². The van der Waals surface area contributed by atoms with Gasteiger partial charge >= 0.3 is 12.1 Å². The van der Waals surface area contributed by atoms with E-state index in [1.807, 2.05) is 36.4 Å². The zero-order valence-corrected chi connectivity index (χ0v) is 18.3. The number of nitrogens with one attached hydrogen (secondary N) is 3. The number of alkyl carbamates (subject to hydrolysis) is 1. The Morgan fingerprint density at radius 1 is 0.941 bits per heavy atom. The SMILES string of the molecule is O=C(O)CNC(=O)CNC(=O)[C@@H]1OCC[C@@H]1NC(=O)OCC1c2ccccc2-c2ccccc21. The second-order valence-corrected chi connectivity index (χ2v) is 8.04. The lowest BCUT2D eigenvalue weighted by Gasteiger charge is -2.20. The number of benzene rings is 2. The number of carboxylic acids is 1. The van der Waals surface area contributed by atoms with Gasteiger partial charge in [0.25, 0.3) is 5.91 Å². The fourth-order valence-corrected chi connectivity index (χ4v) is 4.29. The predicted molar refractivity (Wildman–Crippen MR) is 120 cm³/mol. The quantitative estimate of drug-likeness (QED) is 0.454. The topological polar surface area (TPSA) is 143 Å². The first-order valence-corrected chi connectivity index (χ1v) is 10.9. The van der Waals surface area contributed by atoms with Gasteiger partial charge in [-0.3, -0.25) is 14.4 Å². The van der Waals surface area contributed by atoms with Gasteiger partial charge in [0.1, 0.15) is 13.2 Å². The summed E-state index contributed by atoms with van der Waals surface area (Å²) in [5.41, 5.74) is 4.44. The summed E-state index contributed by atoms with van der Waals surface area (Å²) >= 11 is 0. The molecule has 1 aliphatic carbocycles. The molecule has 2 aromatic carbocycles. The third-order valence-electron chi connectivity index (χ3n) is 5.86. The number of fused-ring (bicyclic) bond motifs is 3. The van der Waals surface area contributed by atoms with Crippen LogP contribution in [0, 0.1) is 0 Å². The molecule has 1 heterocycles. The van der Waals surface area contributed by atoms with Crippen LogP contribution in [0.25, 0.3) is 11.1 Å². The summed E-state index contributed by atoms with van der Waals surface area (Å²) in [5.74, 6) is -2.49. The normalized spacial score (nSPS) is 18.5. The number of hydrogen-bond acceptors (Lipinski definition) is 6. The molecule has 2 atom stereocenters. The minimum absolute atomic E-state index is 0.0820. The van der Waals surface area contributed by atoms with Crippen LogP contribution in [0.4, 0.5) is 4.79 Å². The molecular weight excluding hydrogens is 442 g/mol. The van der Waals surface area contributed by atoms with Crippen molar-refractivity contribution < 1.29 is 33.8 Å². The molecule has 0 aromatic heterocycles. The van der Waals surface area contributed by atoms with Crippen LogP contribution < -0.4 is 16.0 Å². The molecule has 2 aromatic rings. The van der Waals surface area contributed by atoms with Crippen LogP contribution in [0.2, 0.25) is 0 Å². The first-order valence-electron chi connectivity index (χ1n) is 10.9. The maximum atomic E-state index is 12.5. The summed E-state index contributed by atoms with van der Waals surface area (Å²) < 4.78 is 10.9. The number of ether oxygens (including phenoxy) is 2. The average molecular weight is 467 g/mol. The van der Waals surface area contributed by atoms with Gasteiger partial charge in [-0.15, -0.1) is 0 Å². The van der Waals surface area contributed by atoms with Crippen molar-refractivity contribution in [3.8, 4) is 11.1 Å². The van der Waals surface area contributed by atoms with E-state index in [0.717, 1.165) is 22.3 Å². The van der Waals surface area contributed by atoms with Gasteiger partial charge in [-0.05, 0) is 28.7 Å².